The summed E-state index contributed by atoms with van der Waals surface area (Å²) in [5, 5.41) is 0. The largest absolute Gasteiger partial charge is 0.482 e. The first kappa shape index (κ1) is 13.7. The van der Waals surface area contributed by atoms with Crippen molar-refractivity contribution in [1.82, 2.24) is 0 Å². The predicted molar refractivity (Wildman–Crippen MR) is 83.7 cm³/mol. The second-order valence-electron chi connectivity index (χ2n) is 5.56. The van der Waals surface area contributed by atoms with E-state index in [1.54, 1.807) is 0 Å². The molecule has 21 heavy (non-hydrogen) atoms. The quantitative estimate of drug-likeness (QED) is 0.851. The number of ketones is 1. The Morgan fingerprint density at radius 3 is 2.62 bits per heavy atom. The number of anilines is 1. The molecule has 0 bridgehead atoms. The molecular weight excluding hydrogens is 262 g/mol. The number of hydrogen-bond acceptors (Lipinski definition) is 3. The molecule has 0 radical (unpaired) electrons. The molecular formula is C18H19NO2. The summed E-state index contributed by atoms with van der Waals surface area (Å²) in [7, 11) is 0. The van der Waals surface area contributed by atoms with Crippen LogP contribution in [0.5, 0.6) is 5.75 Å². The molecule has 1 unspecified atom stereocenters. The summed E-state index contributed by atoms with van der Waals surface area (Å²) in [4.78, 5) is 12.4. The number of carbonyl (C=O) groups excluding carboxylic acids is 1. The van der Waals surface area contributed by atoms with Crippen LogP contribution >= 0.6 is 0 Å². The van der Waals surface area contributed by atoms with Crippen LogP contribution in [0.1, 0.15) is 46.5 Å². The minimum atomic E-state index is -0.250. The summed E-state index contributed by atoms with van der Waals surface area (Å²) in [5.41, 5.74) is 10.5. The summed E-state index contributed by atoms with van der Waals surface area (Å²) < 4.78 is 6.01. The van der Waals surface area contributed by atoms with Crippen molar-refractivity contribution in [3.8, 4) is 5.75 Å². The summed E-state index contributed by atoms with van der Waals surface area (Å²) >= 11 is 0. The van der Waals surface area contributed by atoms with Crippen molar-refractivity contribution in [3.05, 3.63) is 58.7 Å². The van der Waals surface area contributed by atoms with Crippen LogP contribution in [0.3, 0.4) is 0 Å². The maximum atomic E-state index is 12.4. The first-order valence-electron chi connectivity index (χ1n) is 7.27. The van der Waals surface area contributed by atoms with E-state index in [1.807, 2.05) is 50.2 Å². The lowest BCUT2D eigenvalue weighted by Crippen LogP contribution is -2.21. The van der Waals surface area contributed by atoms with Crippen LogP contribution in [-0.2, 0) is 6.42 Å². The van der Waals surface area contributed by atoms with Gasteiger partial charge < -0.3 is 10.5 Å². The molecule has 0 saturated heterocycles. The van der Waals surface area contributed by atoms with Crippen molar-refractivity contribution >= 4 is 11.5 Å². The number of nitrogen functional groups attached to an aromatic ring is 1. The van der Waals surface area contributed by atoms with Gasteiger partial charge in [-0.25, -0.2) is 0 Å². The highest BCUT2D eigenvalue weighted by molar-refractivity contribution is 6.01. The number of fused-ring (bicyclic) bond motifs is 1. The molecule has 2 aromatic carbocycles. The third-order valence-corrected chi connectivity index (χ3v) is 3.97. The molecule has 2 N–H and O–H groups in total. The molecule has 3 nitrogen and oxygen atoms in total. The molecule has 3 rings (SSSR count). The number of benzene rings is 2. The van der Waals surface area contributed by atoms with Crippen molar-refractivity contribution in [3.63, 3.8) is 0 Å². The number of Topliss-reactive ketones (excluding diaryl/α,β-unsaturated/α-hetero) is 1. The van der Waals surface area contributed by atoms with Crippen molar-refractivity contribution in [1.29, 1.82) is 0 Å². The van der Waals surface area contributed by atoms with Gasteiger partial charge in [0.15, 0.2) is 11.5 Å². The standard InChI is InChI=1S/C18H19NO2/c1-3-12-8-14-16(20)10-17(21-18(14)15(19)9-12)13-6-4-11(2)5-7-13/h4-9,17H,3,10,19H2,1-2H3. The number of hydrogen-bond donors (Lipinski definition) is 1. The average molecular weight is 281 g/mol. The van der Waals surface area contributed by atoms with E-state index in [4.69, 9.17) is 10.5 Å². The second-order valence-corrected chi connectivity index (χ2v) is 5.56. The molecule has 1 heterocycles. The van der Waals surface area contributed by atoms with Gasteiger partial charge in [-0.05, 0) is 36.6 Å². The lowest BCUT2D eigenvalue weighted by Gasteiger charge is -2.27. The van der Waals surface area contributed by atoms with Crippen molar-refractivity contribution in [2.45, 2.75) is 32.8 Å². The summed E-state index contributed by atoms with van der Waals surface area (Å²) in [5.74, 6) is 0.637. The predicted octanol–water partition coefficient (Wildman–Crippen LogP) is 3.85. The fraction of sp³-hybridized carbons (Fsp3) is 0.278. The minimum absolute atomic E-state index is 0.101. The van der Waals surface area contributed by atoms with E-state index >= 15 is 0 Å². The van der Waals surface area contributed by atoms with Gasteiger partial charge >= 0.3 is 0 Å². The Kier molecular flexibility index (Phi) is 3.42. The van der Waals surface area contributed by atoms with Gasteiger partial charge in [0, 0.05) is 0 Å². The Hall–Kier alpha value is -2.29. The fourth-order valence-electron chi connectivity index (χ4n) is 2.69. The summed E-state index contributed by atoms with van der Waals surface area (Å²) in [6.07, 6.45) is 0.967. The number of ether oxygens (including phenoxy) is 1. The first-order valence-corrected chi connectivity index (χ1v) is 7.27. The Balaban J connectivity index is 1.99. The van der Waals surface area contributed by atoms with E-state index < -0.39 is 0 Å². The van der Waals surface area contributed by atoms with E-state index in [0.29, 0.717) is 23.4 Å². The highest BCUT2D eigenvalue weighted by Gasteiger charge is 2.29. The molecule has 3 heteroatoms. The van der Waals surface area contributed by atoms with Gasteiger partial charge in [-0.1, -0.05) is 36.8 Å². The lowest BCUT2D eigenvalue weighted by molar-refractivity contribution is 0.0851. The first-order chi connectivity index (χ1) is 10.1. The Labute approximate surface area is 124 Å². The van der Waals surface area contributed by atoms with E-state index in [-0.39, 0.29) is 11.9 Å². The molecule has 1 atom stereocenters. The normalized spacial score (nSPS) is 17.2. The van der Waals surface area contributed by atoms with Gasteiger partial charge in [0.1, 0.15) is 6.10 Å². The van der Waals surface area contributed by atoms with Crippen molar-refractivity contribution in [2.24, 2.45) is 0 Å². The zero-order valence-corrected chi connectivity index (χ0v) is 12.3. The molecule has 0 fully saturated rings. The van der Waals surface area contributed by atoms with Gasteiger partial charge in [-0.15, -0.1) is 0 Å². The molecule has 1 aliphatic rings. The van der Waals surface area contributed by atoms with Crippen LogP contribution in [0.15, 0.2) is 36.4 Å². The molecule has 0 saturated carbocycles. The van der Waals surface area contributed by atoms with Crippen LogP contribution in [0, 0.1) is 6.92 Å². The number of aryl methyl sites for hydroxylation is 2. The molecule has 2 aromatic rings. The molecule has 108 valence electrons. The third kappa shape index (κ3) is 2.51. The molecule has 0 aromatic heterocycles. The van der Waals surface area contributed by atoms with E-state index in [2.05, 4.69) is 0 Å². The molecule has 0 spiro atoms. The van der Waals surface area contributed by atoms with Crippen LogP contribution < -0.4 is 10.5 Å². The molecule has 0 amide bonds. The lowest BCUT2D eigenvalue weighted by atomic mass is 9.93. The van der Waals surface area contributed by atoms with Crippen molar-refractivity contribution in [2.75, 3.05) is 5.73 Å². The third-order valence-electron chi connectivity index (χ3n) is 3.97. The van der Waals surface area contributed by atoms with Crippen LogP contribution in [0.25, 0.3) is 0 Å². The van der Waals surface area contributed by atoms with E-state index in [1.165, 1.54) is 5.56 Å². The highest BCUT2D eigenvalue weighted by atomic mass is 16.5. The highest BCUT2D eigenvalue weighted by Crippen LogP contribution is 2.39. The summed E-state index contributed by atoms with van der Waals surface area (Å²) in [6, 6.07) is 11.9. The van der Waals surface area contributed by atoms with Gasteiger partial charge in [0.25, 0.3) is 0 Å². The SMILES string of the molecule is CCc1cc(N)c2c(c1)C(=O)CC(c1ccc(C)cc1)O2. The number of carbonyl (C=O) groups is 1. The van der Waals surface area contributed by atoms with E-state index in [0.717, 1.165) is 17.5 Å². The Morgan fingerprint density at radius 1 is 1.24 bits per heavy atom. The number of rotatable bonds is 2. The Morgan fingerprint density at radius 2 is 1.95 bits per heavy atom. The maximum Gasteiger partial charge on any atom is 0.170 e. The minimum Gasteiger partial charge on any atom is -0.482 e. The second kappa shape index (κ2) is 5.24. The fourth-order valence-corrected chi connectivity index (χ4v) is 2.69. The topological polar surface area (TPSA) is 52.3 Å². The Bertz CT molecular complexity index is 689. The molecule has 0 aliphatic carbocycles. The van der Waals surface area contributed by atoms with Crippen LogP contribution in [0.2, 0.25) is 0 Å². The van der Waals surface area contributed by atoms with Gasteiger partial charge in [-0.3, -0.25) is 4.79 Å². The van der Waals surface area contributed by atoms with Crippen molar-refractivity contribution < 1.29 is 9.53 Å². The van der Waals surface area contributed by atoms with Gasteiger partial charge in [-0.2, -0.15) is 0 Å². The van der Waals surface area contributed by atoms with Gasteiger partial charge in [0.05, 0.1) is 17.7 Å². The maximum absolute atomic E-state index is 12.4. The van der Waals surface area contributed by atoms with Gasteiger partial charge in [0.2, 0.25) is 0 Å². The van der Waals surface area contributed by atoms with Crippen LogP contribution in [-0.4, -0.2) is 5.78 Å². The smallest absolute Gasteiger partial charge is 0.170 e. The monoisotopic (exact) mass is 281 g/mol. The zero-order chi connectivity index (χ0) is 15.0. The van der Waals surface area contributed by atoms with E-state index in [9.17, 15) is 4.79 Å². The zero-order valence-electron chi connectivity index (χ0n) is 12.3. The number of nitrogens with two attached hydrogens (primary N) is 1. The average Bonchev–Trinajstić information content (AvgIpc) is 2.48. The van der Waals surface area contributed by atoms with Crippen LogP contribution in [0.4, 0.5) is 5.69 Å². The molecule has 1 aliphatic heterocycles. The summed E-state index contributed by atoms with van der Waals surface area (Å²) in [6.45, 7) is 4.08.